The molecule has 3 atom stereocenters. The number of nitrogens with one attached hydrogen (secondary N) is 2. The van der Waals surface area contributed by atoms with Gasteiger partial charge in [-0.1, -0.05) is 60.5 Å². The molecule has 6 heteroatoms. The average Bonchev–Trinajstić information content (AvgIpc) is 3.19. The molecule has 3 rings (SSSR count). The monoisotopic (exact) mass is 432 g/mol. The first-order valence-corrected chi connectivity index (χ1v) is 11.2. The lowest BCUT2D eigenvalue weighted by Gasteiger charge is -2.16. The average molecular weight is 433 g/mol. The second kappa shape index (κ2) is 11.4. The number of carbonyl (C=O) groups excluding carboxylic acids is 2. The summed E-state index contributed by atoms with van der Waals surface area (Å²) in [6.07, 6.45) is 0.965. The van der Waals surface area contributed by atoms with Crippen molar-refractivity contribution in [3.05, 3.63) is 70.2 Å². The van der Waals surface area contributed by atoms with Gasteiger partial charge in [0, 0.05) is 17.4 Å². The minimum Gasteiger partial charge on any atom is -0.352 e. The van der Waals surface area contributed by atoms with E-state index in [9.17, 15) is 9.59 Å². The van der Waals surface area contributed by atoms with Crippen molar-refractivity contribution in [1.82, 2.24) is 10.6 Å². The number of hydrogen-bond donors (Lipinski definition) is 2. The summed E-state index contributed by atoms with van der Waals surface area (Å²) in [6, 6.07) is 15.7. The van der Waals surface area contributed by atoms with Crippen LogP contribution >= 0.6 is 23.4 Å². The van der Waals surface area contributed by atoms with Crippen LogP contribution in [0.1, 0.15) is 54.1 Å². The minimum absolute atomic E-state index is 0.00519. The fourth-order valence-electron chi connectivity index (χ4n) is 2.75. The standard InChI is InChI=1S/C15H22N2OS.C8H7ClO/c1-4-11(3)16-14(18)13-9-19-15(17-13)12-7-5-10(2)6-8-12;1-6(10)7-4-2-3-5-8(7)9/h5-8,11,13,15,17H,4,9H2,1-3H3,(H,16,18);2-5H,1H3. The summed E-state index contributed by atoms with van der Waals surface area (Å²) < 4.78 is 0. The molecule has 3 unspecified atom stereocenters. The third-order valence-electron chi connectivity index (χ3n) is 4.73. The zero-order valence-corrected chi connectivity index (χ0v) is 18.9. The Morgan fingerprint density at radius 2 is 1.86 bits per heavy atom. The summed E-state index contributed by atoms with van der Waals surface area (Å²) in [4.78, 5) is 22.8. The van der Waals surface area contributed by atoms with Crippen LogP contribution in [-0.2, 0) is 4.79 Å². The lowest BCUT2D eigenvalue weighted by molar-refractivity contribution is -0.123. The van der Waals surface area contributed by atoms with Crippen LogP contribution in [0.15, 0.2) is 48.5 Å². The van der Waals surface area contributed by atoms with Gasteiger partial charge in [0.25, 0.3) is 0 Å². The summed E-state index contributed by atoms with van der Waals surface area (Å²) >= 11 is 7.50. The van der Waals surface area contributed by atoms with Gasteiger partial charge in [0.05, 0.1) is 16.4 Å². The van der Waals surface area contributed by atoms with E-state index in [-0.39, 0.29) is 29.1 Å². The Balaban J connectivity index is 0.000000253. The first kappa shape index (κ1) is 23.5. The van der Waals surface area contributed by atoms with Gasteiger partial charge in [-0.15, -0.1) is 11.8 Å². The summed E-state index contributed by atoms with van der Waals surface area (Å²) in [5, 5.41) is 7.20. The van der Waals surface area contributed by atoms with E-state index in [1.807, 2.05) is 6.92 Å². The molecule has 1 fully saturated rings. The molecule has 0 bridgehead atoms. The van der Waals surface area contributed by atoms with Crippen LogP contribution in [0.25, 0.3) is 0 Å². The third kappa shape index (κ3) is 7.18. The van der Waals surface area contributed by atoms with Crippen LogP contribution in [0.2, 0.25) is 5.02 Å². The highest BCUT2D eigenvalue weighted by Gasteiger charge is 2.30. The Labute approximate surface area is 182 Å². The highest BCUT2D eigenvalue weighted by molar-refractivity contribution is 7.99. The van der Waals surface area contributed by atoms with E-state index in [0.29, 0.717) is 10.6 Å². The molecule has 1 aliphatic rings. The van der Waals surface area contributed by atoms with Gasteiger partial charge in [-0.2, -0.15) is 0 Å². The lowest BCUT2D eigenvalue weighted by Crippen LogP contribution is -2.45. The second-order valence-electron chi connectivity index (χ2n) is 7.20. The van der Waals surface area contributed by atoms with E-state index >= 15 is 0 Å². The molecule has 0 aliphatic carbocycles. The Hall–Kier alpha value is -1.82. The molecule has 4 nitrogen and oxygen atoms in total. The molecule has 1 aliphatic heterocycles. The van der Waals surface area contributed by atoms with Gasteiger partial charge in [-0.25, -0.2) is 0 Å². The van der Waals surface area contributed by atoms with Crippen LogP contribution in [0.4, 0.5) is 0 Å². The van der Waals surface area contributed by atoms with Crippen molar-refractivity contribution in [1.29, 1.82) is 0 Å². The Kier molecular flexibility index (Phi) is 9.21. The SMILES string of the molecule is CC(=O)c1ccccc1Cl.CCC(C)NC(=O)C1CSC(c2ccc(C)cc2)N1. The number of ketones is 1. The fraction of sp³-hybridized carbons (Fsp3) is 0.391. The number of amides is 1. The predicted molar refractivity (Wildman–Crippen MR) is 123 cm³/mol. The molecule has 29 heavy (non-hydrogen) atoms. The highest BCUT2D eigenvalue weighted by Crippen LogP contribution is 2.32. The maximum atomic E-state index is 12.1. The molecule has 2 N–H and O–H groups in total. The van der Waals surface area contributed by atoms with Crippen molar-refractivity contribution < 1.29 is 9.59 Å². The van der Waals surface area contributed by atoms with Crippen molar-refractivity contribution in [2.45, 2.75) is 51.6 Å². The number of carbonyl (C=O) groups is 2. The number of Topliss-reactive ketones (excluding diaryl/α,β-unsaturated/α-hetero) is 1. The normalized spacial score (nSPS) is 19.1. The van der Waals surface area contributed by atoms with Gasteiger partial charge in [-0.05, 0) is 44.9 Å². The van der Waals surface area contributed by atoms with Crippen molar-refractivity contribution in [2.24, 2.45) is 0 Å². The number of halogens is 1. The van der Waals surface area contributed by atoms with Crippen molar-refractivity contribution >= 4 is 35.1 Å². The zero-order chi connectivity index (χ0) is 21.4. The Bertz CT molecular complexity index is 826. The molecule has 0 spiro atoms. The van der Waals surface area contributed by atoms with Gasteiger partial charge >= 0.3 is 0 Å². The molecule has 0 saturated carbocycles. The maximum absolute atomic E-state index is 12.1. The van der Waals surface area contributed by atoms with Crippen molar-refractivity contribution in [3.63, 3.8) is 0 Å². The fourth-order valence-corrected chi connectivity index (χ4v) is 4.26. The number of benzene rings is 2. The summed E-state index contributed by atoms with van der Waals surface area (Å²) in [7, 11) is 0. The molecular weight excluding hydrogens is 404 g/mol. The molecular formula is C23H29ClN2O2S. The van der Waals surface area contributed by atoms with Crippen LogP contribution < -0.4 is 10.6 Å². The van der Waals surface area contributed by atoms with Gasteiger partial charge < -0.3 is 5.32 Å². The van der Waals surface area contributed by atoms with Gasteiger partial charge in [-0.3, -0.25) is 14.9 Å². The number of rotatable bonds is 5. The van der Waals surface area contributed by atoms with Gasteiger partial charge in [0.2, 0.25) is 5.91 Å². The van der Waals surface area contributed by atoms with E-state index in [0.717, 1.165) is 12.2 Å². The lowest BCUT2D eigenvalue weighted by atomic mass is 10.1. The Morgan fingerprint density at radius 3 is 2.41 bits per heavy atom. The minimum atomic E-state index is -0.0784. The summed E-state index contributed by atoms with van der Waals surface area (Å²) in [5.74, 6) is 0.961. The molecule has 0 aromatic heterocycles. The molecule has 1 heterocycles. The quantitative estimate of drug-likeness (QED) is 0.641. The van der Waals surface area contributed by atoms with Gasteiger partial charge in [0.1, 0.15) is 0 Å². The zero-order valence-electron chi connectivity index (χ0n) is 17.4. The van der Waals surface area contributed by atoms with E-state index in [1.165, 1.54) is 18.1 Å². The first-order chi connectivity index (χ1) is 13.8. The second-order valence-corrected chi connectivity index (χ2v) is 8.74. The number of thioether (sulfide) groups is 1. The number of aryl methyl sites for hydroxylation is 1. The predicted octanol–water partition coefficient (Wildman–Crippen LogP) is 5.16. The molecule has 156 valence electrons. The smallest absolute Gasteiger partial charge is 0.238 e. The van der Waals surface area contributed by atoms with Crippen LogP contribution in [0.3, 0.4) is 0 Å². The summed E-state index contributed by atoms with van der Waals surface area (Å²) in [5.41, 5.74) is 3.09. The van der Waals surface area contributed by atoms with E-state index in [4.69, 9.17) is 11.6 Å². The molecule has 1 amide bonds. The topological polar surface area (TPSA) is 58.2 Å². The maximum Gasteiger partial charge on any atom is 0.238 e. The largest absolute Gasteiger partial charge is 0.352 e. The van der Waals surface area contributed by atoms with Crippen molar-refractivity contribution in [3.8, 4) is 0 Å². The Morgan fingerprint density at radius 1 is 1.21 bits per heavy atom. The highest BCUT2D eigenvalue weighted by atomic mass is 35.5. The van der Waals surface area contributed by atoms with Crippen LogP contribution in [0, 0.1) is 6.92 Å². The van der Waals surface area contributed by atoms with Crippen molar-refractivity contribution in [2.75, 3.05) is 5.75 Å². The first-order valence-electron chi connectivity index (χ1n) is 9.81. The molecule has 0 radical (unpaired) electrons. The van der Waals surface area contributed by atoms with E-state index in [2.05, 4.69) is 48.7 Å². The summed E-state index contributed by atoms with van der Waals surface area (Å²) in [6.45, 7) is 7.71. The van der Waals surface area contributed by atoms with E-state index in [1.54, 1.807) is 36.0 Å². The van der Waals surface area contributed by atoms with Gasteiger partial charge in [0.15, 0.2) is 5.78 Å². The van der Waals surface area contributed by atoms with Crippen LogP contribution in [0.5, 0.6) is 0 Å². The molecule has 1 saturated heterocycles. The molecule has 2 aromatic carbocycles. The van der Waals surface area contributed by atoms with Crippen LogP contribution in [-0.4, -0.2) is 29.5 Å². The molecule has 2 aromatic rings. The third-order valence-corrected chi connectivity index (χ3v) is 6.33. The number of hydrogen-bond acceptors (Lipinski definition) is 4. The van der Waals surface area contributed by atoms with E-state index < -0.39 is 0 Å².